The number of nitrogens with two attached hydrogens (primary N) is 1. The van der Waals surface area contributed by atoms with E-state index in [1.807, 2.05) is 20.8 Å². The summed E-state index contributed by atoms with van der Waals surface area (Å²) >= 11 is 0. The second-order valence-corrected chi connectivity index (χ2v) is 7.23. The highest BCUT2D eigenvalue weighted by atomic mass is 32.2. The molecule has 1 aromatic heterocycles. The number of rotatable bonds is 3. The zero-order chi connectivity index (χ0) is 15.8. The van der Waals surface area contributed by atoms with Crippen molar-refractivity contribution in [3.05, 3.63) is 35.8 Å². The van der Waals surface area contributed by atoms with E-state index in [1.165, 1.54) is 12.1 Å². The van der Waals surface area contributed by atoms with Crippen LogP contribution in [0.3, 0.4) is 0 Å². The summed E-state index contributed by atoms with van der Waals surface area (Å²) < 4.78 is 44.6. The molecule has 2 rings (SSSR count). The molecule has 1 aromatic carbocycles. The maximum Gasteiger partial charge on any atom is 0.298 e. The van der Waals surface area contributed by atoms with E-state index in [4.69, 9.17) is 10.3 Å². The molecule has 0 aliphatic heterocycles. The number of hydrogen-bond donors (Lipinski definition) is 2. The number of benzene rings is 1. The van der Waals surface area contributed by atoms with E-state index in [-0.39, 0.29) is 21.9 Å². The molecule has 114 valence electrons. The molecule has 8 heteroatoms. The summed E-state index contributed by atoms with van der Waals surface area (Å²) in [6, 6.07) is 4.74. The fourth-order valence-electron chi connectivity index (χ4n) is 1.55. The molecule has 2 aromatic rings. The van der Waals surface area contributed by atoms with E-state index in [0.29, 0.717) is 5.69 Å². The molecule has 0 saturated carbocycles. The highest BCUT2D eigenvalue weighted by Crippen LogP contribution is 2.26. The first-order valence-electron chi connectivity index (χ1n) is 6.14. The minimum absolute atomic E-state index is 0.0521. The third kappa shape index (κ3) is 3.33. The average molecular weight is 313 g/mol. The molecule has 0 saturated heterocycles. The van der Waals surface area contributed by atoms with E-state index in [2.05, 4.69) is 9.88 Å². The number of nitrogens with one attached hydrogen (secondary N) is 1. The predicted molar refractivity (Wildman–Crippen MR) is 76.8 cm³/mol. The molecule has 0 amide bonds. The van der Waals surface area contributed by atoms with Gasteiger partial charge in [-0.15, -0.1) is 0 Å². The van der Waals surface area contributed by atoms with Crippen LogP contribution in [-0.4, -0.2) is 13.6 Å². The highest BCUT2D eigenvalue weighted by molar-refractivity contribution is 7.92. The number of hydrogen-bond acceptors (Lipinski definition) is 5. The van der Waals surface area contributed by atoms with Crippen molar-refractivity contribution in [3.8, 4) is 0 Å². The van der Waals surface area contributed by atoms with Crippen LogP contribution in [-0.2, 0) is 15.4 Å². The molecule has 0 spiro atoms. The Hall–Kier alpha value is -2.09. The van der Waals surface area contributed by atoms with Gasteiger partial charge < -0.3 is 10.3 Å². The van der Waals surface area contributed by atoms with Crippen molar-refractivity contribution < 1.29 is 17.3 Å². The summed E-state index contributed by atoms with van der Waals surface area (Å²) in [7, 11) is -4.02. The molecular formula is C13H16FN3O3S. The van der Waals surface area contributed by atoms with Gasteiger partial charge in [0.15, 0.2) is 0 Å². The van der Waals surface area contributed by atoms with Crippen molar-refractivity contribution in [2.75, 3.05) is 10.5 Å². The van der Waals surface area contributed by atoms with Crippen LogP contribution < -0.4 is 10.5 Å². The summed E-state index contributed by atoms with van der Waals surface area (Å²) in [5, 5.41) is 3.39. The standard InChI is InChI=1S/C13H16FN3O3S/c1-13(2,3)11-7-12(20-16-11)21(18,19)17-10-6-8(14)4-5-9(10)15/h4-7,17H,15H2,1-3H3. The molecule has 6 nitrogen and oxygen atoms in total. The van der Waals surface area contributed by atoms with Gasteiger partial charge in [0.05, 0.1) is 17.1 Å². The molecule has 0 aliphatic rings. The van der Waals surface area contributed by atoms with Crippen molar-refractivity contribution in [1.29, 1.82) is 0 Å². The van der Waals surface area contributed by atoms with Gasteiger partial charge in [0.2, 0.25) is 0 Å². The van der Waals surface area contributed by atoms with Gasteiger partial charge >= 0.3 is 0 Å². The van der Waals surface area contributed by atoms with Crippen molar-refractivity contribution >= 4 is 21.4 Å². The molecule has 21 heavy (non-hydrogen) atoms. The number of halogens is 1. The van der Waals surface area contributed by atoms with E-state index >= 15 is 0 Å². The lowest BCUT2D eigenvalue weighted by Gasteiger charge is -2.12. The van der Waals surface area contributed by atoms with Crippen LogP contribution >= 0.6 is 0 Å². The lowest BCUT2D eigenvalue weighted by molar-refractivity contribution is 0.327. The van der Waals surface area contributed by atoms with Crippen LogP contribution in [0.5, 0.6) is 0 Å². The lowest BCUT2D eigenvalue weighted by Crippen LogP contribution is -2.14. The van der Waals surface area contributed by atoms with Gasteiger partial charge in [0.25, 0.3) is 15.1 Å². The Morgan fingerprint density at radius 3 is 2.52 bits per heavy atom. The van der Waals surface area contributed by atoms with Crippen LogP contribution in [0.2, 0.25) is 0 Å². The zero-order valence-corrected chi connectivity index (χ0v) is 12.7. The Morgan fingerprint density at radius 1 is 1.29 bits per heavy atom. The van der Waals surface area contributed by atoms with Crippen LogP contribution in [0.15, 0.2) is 33.9 Å². The summed E-state index contributed by atoms with van der Waals surface area (Å²) in [6.45, 7) is 5.62. The van der Waals surface area contributed by atoms with Gasteiger partial charge in [-0.1, -0.05) is 25.9 Å². The maximum atomic E-state index is 13.2. The Labute approximate surface area is 122 Å². The first-order chi connectivity index (χ1) is 9.59. The molecule has 0 atom stereocenters. The quantitative estimate of drug-likeness (QED) is 0.848. The van der Waals surface area contributed by atoms with Crippen LogP contribution in [0.25, 0.3) is 0 Å². The minimum Gasteiger partial charge on any atom is -0.397 e. The predicted octanol–water partition coefficient (Wildman–Crippen LogP) is 2.49. The van der Waals surface area contributed by atoms with E-state index < -0.39 is 15.8 Å². The second kappa shape index (κ2) is 5.03. The monoisotopic (exact) mass is 313 g/mol. The van der Waals surface area contributed by atoms with Gasteiger partial charge in [0, 0.05) is 17.5 Å². The van der Waals surface area contributed by atoms with E-state index in [9.17, 15) is 12.8 Å². The van der Waals surface area contributed by atoms with Gasteiger partial charge in [-0.25, -0.2) is 4.39 Å². The van der Waals surface area contributed by atoms with E-state index in [0.717, 1.165) is 12.1 Å². The summed E-state index contributed by atoms with van der Waals surface area (Å²) in [5.41, 5.74) is 5.81. The molecule has 0 radical (unpaired) electrons. The number of sulfonamides is 1. The Bertz CT molecular complexity index is 763. The largest absolute Gasteiger partial charge is 0.397 e. The third-order valence-corrected chi connectivity index (χ3v) is 3.99. The van der Waals surface area contributed by atoms with Gasteiger partial charge in [-0.05, 0) is 12.1 Å². The van der Waals surface area contributed by atoms with Crippen LogP contribution in [0.1, 0.15) is 26.5 Å². The molecule has 1 heterocycles. The summed E-state index contributed by atoms with van der Waals surface area (Å²) in [6.07, 6.45) is 0. The number of nitrogen functional groups attached to an aromatic ring is 1. The normalized spacial score (nSPS) is 12.4. The molecular weight excluding hydrogens is 297 g/mol. The SMILES string of the molecule is CC(C)(C)c1cc(S(=O)(=O)Nc2cc(F)ccc2N)on1. The van der Waals surface area contributed by atoms with Crippen molar-refractivity contribution in [1.82, 2.24) is 5.16 Å². The zero-order valence-electron chi connectivity index (χ0n) is 11.8. The molecule has 3 N–H and O–H groups in total. The van der Waals surface area contributed by atoms with Crippen molar-refractivity contribution in [2.45, 2.75) is 31.3 Å². The smallest absolute Gasteiger partial charge is 0.298 e. The highest BCUT2D eigenvalue weighted by Gasteiger charge is 2.26. The van der Waals surface area contributed by atoms with Gasteiger partial charge in [-0.3, -0.25) is 4.72 Å². The maximum absolute atomic E-state index is 13.2. The van der Waals surface area contributed by atoms with E-state index in [1.54, 1.807) is 0 Å². The molecule has 0 bridgehead atoms. The number of aromatic nitrogens is 1. The minimum atomic E-state index is -4.02. The summed E-state index contributed by atoms with van der Waals surface area (Å²) in [5.74, 6) is -0.602. The molecule has 0 unspecified atom stereocenters. The lowest BCUT2D eigenvalue weighted by atomic mass is 9.93. The van der Waals surface area contributed by atoms with Gasteiger partial charge in [0.1, 0.15) is 5.82 Å². The van der Waals surface area contributed by atoms with Crippen LogP contribution in [0.4, 0.5) is 15.8 Å². The Kier molecular flexibility index (Phi) is 3.66. The van der Waals surface area contributed by atoms with Gasteiger partial charge in [-0.2, -0.15) is 8.42 Å². The van der Waals surface area contributed by atoms with Crippen LogP contribution in [0, 0.1) is 5.82 Å². The second-order valence-electron chi connectivity index (χ2n) is 5.62. The number of anilines is 2. The third-order valence-electron chi connectivity index (χ3n) is 2.78. The summed E-state index contributed by atoms with van der Waals surface area (Å²) in [4.78, 5) is 0. The molecule has 0 fully saturated rings. The number of nitrogens with zero attached hydrogens (tertiary/aromatic N) is 1. The Balaban J connectivity index is 2.35. The molecule has 0 aliphatic carbocycles. The first-order valence-corrected chi connectivity index (χ1v) is 7.63. The fraction of sp³-hybridized carbons (Fsp3) is 0.308. The fourth-order valence-corrected chi connectivity index (χ4v) is 2.52. The Morgan fingerprint density at radius 2 is 1.95 bits per heavy atom. The first kappa shape index (κ1) is 15.3. The van der Waals surface area contributed by atoms with Crippen molar-refractivity contribution in [3.63, 3.8) is 0 Å². The topological polar surface area (TPSA) is 98.2 Å². The average Bonchev–Trinajstić information content (AvgIpc) is 2.83. The van der Waals surface area contributed by atoms with Crippen molar-refractivity contribution in [2.24, 2.45) is 0 Å².